The maximum atomic E-state index is 9.88. The summed E-state index contributed by atoms with van der Waals surface area (Å²) in [5, 5.41) is 0. The molecule has 0 radical (unpaired) electrons. The van der Waals surface area contributed by atoms with Crippen LogP contribution < -0.4 is 17.0 Å². The molecule has 0 aliphatic carbocycles. The quantitative estimate of drug-likeness (QED) is 0.302. The lowest BCUT2D eigenvalue weighted by Gasteiger charge is -1.86. The summed E-state index contributed by atoms with van der Waals surface area (Å²) in [5.41, 5.74) is 0. The van der Waals surface area contributed by atoms with Crippen molar-refractivity contribution in [1.82, 2.24) is 0 Å². The van der Waals surface area contributed by atoms with E-state index in [9.17, 15) is 4.79 Å². The van der Waals surface area contributed by atoms with Crippen molar-refractivity contribution >= 4 is 6.08 Å². The standard InChI is InChI=1S/C6H6NO.BrH/c8-6-7-4-2-1-3-5-7;/h1-4H,5H2;1H/q+1;/p-1. The number of carbonyl (C=O) groups excluding carboxylic acids is 1. The highest BCUT2D eigenvalue weighted by Gasteiger charge is 1.96. The van der Waals surface area contributed by atoms with Gasteiger partial charge in [-0.05, 0) is 6.08 Å². The molecule has 3 heteroatoms. The topological polar surface area (TPSA) is 20.1 Å². The van der Waals surface area contributed by atoms with Crippen molar-refractivity contribution in [2.24, 2.45) is 0 Å². The third kappa shape index (κ3) is 2.40. The fraction of sp³-hybridized carbons (Fsp3) is 0.167. The fourth-order valence-electron chi connectivity index (χ4n) is 0.535. The molecule has 0 N–H and O–H groups in total. The Balaban J connectivity index is 0.000000640. The lowest BCUT2D eigenvalue weighted by molar-refractivity contribution is -0.443. The maximum absolute atomic E-state index is 9.88. The Morgan fingerprint density at radius 2 is 2.22 bits per heavy atom. The van der Waals surface area contributed by atoms with Crippen molar-refractivity contribution in [3.05, 3.63) is 24.4 Å². The van der Waals surface area contributed by atoms with Crippen LogP contribution in [0.5, 0.6) is 0 Å². The number of hydrogen-bond acceptors (Lipinski definition) is 1. The number of halogens is 1. The highest BCUT2D eigenvalue weighted by Crippen LogP contribution is 1.87. The van der Waals surface area contributed by atoms with Crippen molar-refractivity contribution in [3.63, 3.8) is 0 Å². The van der Waals surface area contributed by atoms with Gasteiger partial charge < -0.3 is 17.0 Å². The Morgan fingerprint density at radius 1 is 1.44 bits per heavy atom. The summed E-state index contributed by atoms with van der Waals surface area (Å²) in [5.74, 6) is 0. The summed E-state index contributed by atoms with van der Waals surface area (Å²) in [6.45, 7) is 0.653. The SMILES string of the molecule is O=C=[N+]1C=CC=CC1.[Br-]. The van der Waals surface area contributed by atoms with Crippen molar-refractivity contribution < 1.29 is 26.4 Å². The molecule has 0 bridgehead atoms. The monoisotopic (exact) mass is 187 g/mol. The van der Waals surface area contributed by atoms with Crippen molar-refractivity contribution in [3.8, 4) is 0 Å². The number of isocyanates is 1. The highest BCUT2D eigenvalue weighted by atomic mass is 79.9. The van der Waals surface area contributed by atoms with Crippen LogP contribution in [0.1, 0.15) is 0 Å². The van der Waals surface area contributed by atoms with Crippen LogP contribution >= 0.6 is 0 Å². The normalized spacial score (nSPS) is 14.4. The van der Waals surface area contributed by atoms with E-state index in [0.717, 1.165) is 0 Å². The zero-order chi connectivity index (χ0) is 5.82. The van der Waals surface area contributed by atoms with Crippen molar-refractivity contribution in [1.29, 1.82) is 0 Å². The maximum Gasteiger partial charge on any atom is 0.430 e. The number of nitrogens with zero attached hydrogens (tertiary/aromatic N) is 1. The molecule has 0 aromatic carbocycles. The molecular formula is C6H6BrNO. The van der Waals surface area contributed by atoms with Crippen LogP contribution in [0.25, 0.3) is 0 Å². The van der Waals surface area contributed by atoms with Crippen molar-refractivity contribution in [2.75, 3.05) is 6.54 Å². The minimum Gasteiger partial charge on any atom is -1.00 e. The lowest BCUT2D eigenvalue weighted by Crippen LogP contribution is -3.00. The first-order chi connectivity index (χ1) is 3.93. The second-order valence-corrected chi connectivity index (χ2v) is 1.51. The molecule has 48 valence electrons. The van der Waals surface area contributed by atoms with E-state index in [-0.39, 0.29) is 17.0 Å². The van der Waals surface area contributed by atoms with Gasteiger partial charge in [-0.25, -0.2) is 0 Å². The lowest BCUT2D eigenvalue weighted by atomic mass is 10.4. The molecule has 0 atom stereocenters. The predicted octanol–water partition coefficient (Wildman–Crippen LogP) is -2.58. The van der Waals surface area contributed by atoms with Crippen LogP contribution in [-0.4, -0.2) is 17.2 Å². The Labute approximate surface area is 64.0 Å². The molecule has 1 rings (SSSR count). The molecule has 0 unspecified atom stereocenters. The highest BCUT2D eigenvalue weighted by molar-refractivity contribution is 5.26. The molecule has 9 heavy (non-hydrogen) atoms. The van der Waals surface area contributed by atoms with Crippen LogP contribution in [0.15, 0.2) is 24.4 Å². The van der Waals surface area contributed by atoms with E-state index in [2.05, 4.69) is 0 Å². The van der Waals surface area contributed by atoms with Gasteiger partial charge in [0.25, 0.3) is 0 Å². The Bertz CT molecular complexity index is 189. The Hall–Kier alpha value is -0.660. The molecule has 1 aliphatic rings. The summed E-state index contributed by atoms with van der Waals surface area (Å²) in [7, 11) is 0. The minimum atomic E-state index is 0. The Morgan fingerprint density at radius 3 is 2.56 bits per heavy atom. The molecule has 0 aromatic heterocycles. The largest absolute Gasteiger partial charge is 1.00 e. The zero-order valence-corrected chi connectivity index (χ0v) is 6.34. The van der Waals surface area contributed by atoms with Gasteiger partial charge in [-0.15, -0.1) is 4.58 Å². The molecule has 0 fully saturated rings. The van der Waals surface area contributed by atoms with E-state index in [1.165, 1.54) is 4.58 Å². The van der Waals surface area contributed by atoms with Gasteiger partial charge in [0.2, 0.25) is 0 Å². The second-order valence-electron chi connectivity index (χ2n) is 1.51. The average Bonchev–Trinajstić information content (AvgIpc) is 1.90. The van der Waals surface area contributed by atoms with E-state index >= 15 is 0 Å². The van der Waals surface area contributed by atoms with Crippen LogP contribution in [-0.2, 0) is 4.79 Å². The first kappa shape index (κ1) is 8.34. The van der Waals surface area contributed by atoms with Crippen LogP contribution in [0.4, 0.5) is 0 Å². The average molecular weight is 188 g/mol. The van der Waals surface area contributed by atoms with E-state index in [1.807, 2.05) is 12.2 Å². The molecular weight excluding hydrogens is 182 g/mol. The minimum absolute atomic E-state index is 0. The van der Waals surface area contributed by atoms with Crippen LogP contribution in [0, 0.1) is 0 Å². The molecule has 0 amide bonds. The van der Waals surface area contributed by atoms with E-state index in [4.69, 9.17) is 0 Å². The second kappa shape index (κ2) is 4.24. The van der Waals surface area contributed by atoms with Crippen LogP contribution in [0.3, 0.4) is 0 Å². The number of hydrogen-bond donors (Lipinski definition) is 0. The first-order valence-corrected chi connectivity index (χ1v) is 2.41. The summed E-state index contributed by atoms with van der Waals surface area (Å²) >= 11 is 0. The van der Waals surface area contributed by atoms with Gasteiger partial charge in [0.1, 0.15) is 0 Å². The molecule has 0 saturated heterocycles. The Kier molecular flexibility index (Phi) is 3.93. The summed E-state index contributed by atoms with van der Waals surface area (Å²) in [6.07, 6.45) is 9.03. The smallest absolute Gasteiger partial charge is 0.430 e. The molecule has 2 nitrogen and oxygen atoms in total. The molecule has 1 heterocycles. The first-order valence-electron chi connectivity index (χ1n) is 2.41. The summed E-state index contributed by atoms with van der Waals surface area (Å²) in [6, 6.07) is 0. The molecule has 0 spiro atoms. The van der Waals surface area contributed by atoms with Gasteiger partial charge in [-0.2, -0.15) is 4.79 Å². The summed E-state index contributed by atoms with van der Waals surface area (Å²) in [4.78, 5) is 9.88. The fourth-order valence-corrected chi connectivity index (χ4v) is 0.535. The molecule has 0 aromatic rings. The third-order valence-corrected chi connectivity index (χ3v) is 0.933. The van der Waals surface area contributed by atoms with E-state index in [1.54, 1.807) is 18.4 Å². The van der Waals surface area contributed by atoms with Crippen molar-refractivity contribution in [2.45, 2.75) is 0 Å². The van der Waals surface area contributed by atoms with Gasteiger partial charge in [0, 0.05) is 6.08 Å². The molecule has 1 aliphatic heterocycles. The van der Waals surface area contributed by atoms with Gasteiger partial charge in [-0.1, -0.05) is 6.08 Å². The van der Waals surface area contributed by atoms with Gasteiger partial charge >= 0.3 is 6.08 Å². The zero-order valence-electron chi connectivity index (χ0n) is 4.75. The van der Waals surface area contributed by atoms with Gasteiger partial charge in [0.15, 0.2) is 12.7 Å². The van der Waals surface area contributed by atoms with Crippen LogP contribution in [0.2, 0.25) is 0 Å². The van der Waals surface area contributed by atoms with E-state index in [0.29, 0.717) is 6.54 Å². The number of allylic oxidation sites excluding steroid dienone is 2. The molecule has 0 saturated carbocycles. The third-order valence-electron chi connectivity index (χ3n) is 0.933. The number of rotatable bonds is 0. The van der Waals surface area contributed by atoms with E-state index < -0.39 is 0 Å². The predicted molar refractivity (Wildman–Crippen MR) is 29.1 cm³/mol. The summed E-state index contributed by atoms with van der Waals surface area (Å²) < 4.78 is 1.44. The van der Waals surface area contributed by atoms with Gasteiger partial charge in [-0.3, -0.25) is 0 Å². The van der Waals surface area contributed by atoms with Gasteiger partial charge in [0.05, 0.1) is 0 Å².